The second-order valence-corrected chi connectivity index (χ2v) is 6.45. The number of ether oxygens (including phenoxy) is 3. The van der Waals surface area contributed by atoms with E-state index in [9.17, 15) is 4.79 Å². The topological polar surface area (TPSA) is 69.9 Å². The zero-order chi connectivity index (χ0) is 17.9. The second-order valence-electron chi connectivity index (χ2n) is 5.53. The predicted molar refractivity (Wildman–Crippen MR) is 97.7 cm³/mol. The molecule has 132 valence electrons. The highest BCUT2D eigenvalue weighted by Gasteiger charge is 2.16. The van der Waals surface area contributed by atoms with Crippen molar-refractivity contribution in [2.75, 3.05) is 12.1 Å². The number of nitrogens with one attached hydrogen (secondary N) is 1. The molecule has 2 heterocycles. The standard InChI is InChI=1S/C19H14BrNO5/c20-12-2-1-3-14(8-12)23-10-15-5-7-17(26-15)19(22)21-13-4-6-16-18(9-13)25-11-24-16/h1-9H,10-11H2,(H,21,22). The van der Waals surface area contributed by atoms with Crippen LogP contribution in [0.1, 0.15) is 16.3 Å². The van der Waals surface area contributed by atoms with Crippen LogP contribution in [-0.2, 0) is 6.61 Å². The van der Waals surface area contributed by atoms with Gasteiger partial charge < -0.3 is 23.9 Å². The summed E-state index contributed by atoms with van der Waals surface area (Å²) in [6, 6.07) is 16.0. The molecule has 3 aromatic rings. The van der Waals surface area contributed by atoms with Gasteiger partial charge >= 0.3 is 0 Å². The Morgan fingerprint density at radius 1 is 1.08 bits per heavy atom. The molecule has 1 amide bonds. The molecule has 7 heteroatoms. The number of halogens is 1. The van der Waals surface area contributed by atoms with Crippen LogP contribution in [0.15, 0.2) is 63.5 Å². The number of carbonyl (C=O) groups is 1. The molecule has 1 aliphatic rings. The van der Waals surface area contributed by atoms with Gasteiger partial charge in [0.1, 0.15) is 18.1 Å². The summed E-state index contributed by atoms with van der Waals surface area (Å²) in [4.78, 5) is 12.3. The van der Waals surface area contributed by atoms with E-state index in [1.165, 1.54) is 0 Å². The third kappa shape index (κ3) is 3.67. The Bertz CT molecular complexity index is 953. The Hall–Kier alpha value is -2.93. The van der Waals surface area contributed by atoms with E-state index >= 15 is 0 Å². The number of hydrogen-bond acceptors (Lipinski definition) is 5. The lowest BCUT2D eigenvalue weighted by Gasteiger charge is -2.05. The van der Waals surface area contributed by atoms with E-state index in [-0.39, 0.29) is 25.1 Å². The molecule has 0 bridgehead atoms. The first-order valence-electron chi connectivity index (χ1n) is 7.85. The van der Waals surface area contributed by atoms with E-state index in [0.717, 1.165) is 4.47 Å². The maximum atomic E-state index is 12.3. The molecule has 26 heavy (non-hydrogen) atoms. The fraction of sp³-hybridized carbons (Fsp3) is 0.105. The molecule has 1 N–H and O–H groups in total. The van der Waals surface area contributed by atoms with E-state index in [0.29, 0.717) is 28.7 Å². The molecule has 1 aromatic heterocycles. The molecule has 0 unspecified atom stereocenters. The van der Waals surface area contributed by atoms with Crippen molar-refractivity contribution in [2.45, 2.75) is 6.61 Å². The summed E-state index contributed by atoms with van der Waals surface area (Å²) < 4.78 is 22.7. The molecule has 4 rings (SSSR count). The minimum Gasteiger partial charge on any atom is -0.486 e. The lowest BCUT2D eigenvalue weighted by atomic mass is 10.2. The van der Waals surface area contributed by atoms with Crippen LogP contribution in [0.25, 0.3) is 0 Å². The highest BCUT2D eigenvalue weighted by atomic mass is 79.9. The first kappa shape index (κ1) is 16.5. The minimum atomic E-state index is -0.349. The quantitative estimate of drug-likeness (QED) is 0.658. The van der Waals surface area contributed by atoms with Crippen molar-refractivity contribution in [1.82, 2.24) is 0 Å². The average Bonchev–Trinajstić information content (AvgIpc) is 3.29. The van der Waals surface area contributed by atoms with Gasteiger partial charge in [0.05, 0.1) is 0 Å². The van der Waals surface area contributed by atoms with Crippen LogP contribution in [0, 0.1) is 0 Å². The van der Waals surface area contributed by atoms with Gasteiger partial charge in [-0.15, -0.1) is 0 Å². The van der Waals surface area contributed by atoms with Crippen molar-refractivity contribution in [3.05, 3.63) is 70.6 Å². The maximum absolute atomic E-state index is 12.3. The van der Waals surface area contributed by atoms with E-state index in [1.54, 1.807) is 30.3 Å². The molecular formula is C19H14BrNO5. The number of fused-ring (bicyclic) bond motifs is 1. The highest BCUT2D eigenvalue weighted by molar-refractivity contribution is 9.10. The van der Waals surface area contributed by atoms with Gasteiger partial charge in [-0.2, -0.15) is 0 Å². The first-order chi connectivity index (χ1) is 12.7. The summed E-state index contributed by atoms with van der Waals surface area (Å²) in [5.74, 6) is 2.38. The summed E-state index contributed by atoms with van der Waals surface area (Å²) in [5.41, 5.74) is 0.600. The molecular weight excluding hydrogens is 402 g/mol. The van der Waals surface area contributed by atoms with Crippen LogP contribution in [0.5, 0.6) is 17.2 Å². The molecule has 0 radical (unpaired) electrons. The Morgan fingerprint density at radius 2 is 1.96 bits per heavy atom. The van der Waals surface area contributed by atoms with E-state index in [2.05, 4.69) is 21.2 Å². The number of benzene rings is 2. The van der Waals surface area contributed by atoms with Crippen molar-refractivity contribution < 1.29 is 23.4 Å². The Morgan fingerprint density at radius 3 is 2.85 bits per heavy atom. The van der Waals surface area contributed by atoms with Gasteiger partial charge in [-0.3, -0.25) is 4.79 Å². The molecule has 0 saturated heterocycles. The Balaban J connectivity index is 1.38. The Kier molecular flexibility index (Phi) is 4.53. The largest absolute Gasteiger partial charge is 0.486 e. The molecule has 0 aliphatic carbocycles. The van der Waals surface area contributed by atoms with Crippen molar-refractivity contribution >= 4 is 27.5 Å². The van der Waals surface area contributed by atoms with Crippen molar-refractivity contribution in [3.63, 3.8) is 0 Å². The predicted octanol–water partition coefficient (Wildman–Crippen LogP) is 4.60. The Labute approximate surface area is 157 Å². The van der Waals surface area contributed by atoms with Crippen LogP contribution < -0.4 is 19.5 Å². The van der Waals surface area contributed by atoms with Gasteiger partial charge in [0.2, 0.25) is 6.79 Å². The van der Waals surface area contributed by atoms with Gasteiger partial charge in [0.25, 0.3) is 5.91 Å². The molecule has 0 saturated carbocycles. The third-order valence-corrected chi connectivity index (χ3v) is 4.19. The van der Waals surface area contributed by atoms with E-state index in [4.69, 9.17) is 18.6 Å². The summed E-state index contributed by atoms with van der Waals surface area (Å²) in [5, 5.41) is 2.77. The van der Waals surface area contributed by atoms with Gasteiger partial charge in [-0.1, -0.05) is 22.0 Å². The SMILES string of the molecule is O=C(Nc1ccc2c(c1)OCO2)c1ccc(COc2cccc(Br)c2)o1. The van der Waals surface area contributed by atoms with Crippen LogP contribution in [0.2, 0.25) is 0 Å². The van der Waals surface area contributed by atoms with Crippen LogP contribution in [-0.4, -0.2) is 12.7 Å². The van der Waals surface area contributed by atoms with Crippen LogP contribution >= 0.6 is 15.9 Å². The number of hydrogen-bond donors (Lipinski definition) is 1. The summed E-state index contributed by atoms with van der Waals surface area (Å²) in [6.07, 6.45) is 0. The molecule has 2 aromatic carbocycles. The molecule has 0 fully saturated rings. The van der Waals surface area contributed by atoms with Gasteiger partial charge in [-0.05, 0) is 42.5 Å². The van der Waals surface area contributed by atoms with Gasteiger partial charge in [0.15, 0.2) is 17.3 Å². The monoisotopic (exact) mass is 415 g/mol. The van der Waals surface area contributed by atoms with Crippen molar-refractivity contribution in [2.24, 2.45) is 0 Å². The molecule has 6 nitrogen and oxygen atoms in total. The smallest absolute Gasteiger partial charge is 0.291 e. The maximum Gasteiger partial charge on any atom is 0.291 e. The van der Waals surface area contributed by atoms with Crippen LogP contribution in [0.4, 0.5) is 5.69 Å². The minimum absolute atomic E-state index is 0.187. The van der Waals surface area contributed by atoms with Gasteiger partial charge in [0, 0.05) is 16.2 Å². The lowest BCUT2D eigenvalue weighted by Crippen LogP contribution is -2.10. The van der Waals surface area contributed by atoms with Crippen molar-refractivity contribution in [3.8, 4) is 17.2 Å². The summed E-state index contributed by atoms with van der Waals surface area (Å²) >= 11 is 3.39. The van der Waals surface area contributed by atoms with Gasteiger partial charge in [-0.25, -0.2) is 0 Å². The number of furan rings is 1. The lowest BCUT2D eigenvalue weighted by molar-refractivity contribution is 0.0992. The number of rotatable bonds is 5. The molecule has 0 spiro atoms. The van der Waals surface area contributed by atoms with E-state index in [1.807, 2.05) is 24.3 Å². The summed E-state index contributed by atoms with van der Waals surface area (Å²) in [7, 11) is 0. The first-order valence-corrected chi connectivity index (χ1v) is 8.65. The zero-order valence-electron chi connectivity index (χ0n) is 13.5. The third-order valence-electron chi connectivity index (χ3n) is 3.69. The van der Waals surface area contributed by atoms with Crippen molar-refractivity contribution in [1.29, 1.82) is 0 Å². The summed E-state index contributed by atoms with van der Waals surface area (Å²) in [6.45, 7) is 0.417. The average molecular weight is 416 g/mol. The normalized spacial score (nSPS) is 12.0. The van der Waals surface area contributed by atoms with Crippen LogP contribution in [0.3, 0.4) is 0 Å². The fourth-order valence-electron chi connectivity index (χ4n) is 2.46. The second kappa shape index (κ2) is 7.13. The number of anilines is 1. The molecule has 1 aliphatic heterocycles. The fourth-order valence-corrected chi connectivity index (χ4v) is 2.83. The van der Waals surface area contributed by atoms with E-state index < -0.39 is 0 Å². The number of amides is 1. The number of carbonyl (C=O) groups excluding carboxylic acids is 1. The highest BCUT2D eigenvalue weighted by Crippen LogP contribution is 2.34. The molecule has 0 atom stereocenters. The zero-order valence-corrected chi connectivity index (χ0v) is 15.1.